The first kappa shape index (κ1) is 14.5. The Morgan fingerprint density at radius 2 is 2.11 bits per heavy atom. The van der Waals surface area contributed by atoms with Gasteiger partial charge in [-0.1, -0.05) is 24.3 Å². The van der Waals surface area contributed by atoms with E-state index in [1.165, 1.54) is 5.56 Å². The number of fused-ring (bicyclic) bond motifs is 1. The van der Waals surface area contributed by atoms with Crippen molar-refractivity contribution in [3.63, 3.8) is 0 Å². The number of rotatable bonds is 6. The molecule has 0 aromatic heterocycles. The van der Waals surface area contributed by atoms with E-state index in [1.807, 2.05) is 25.2 Å². The summed E-state index contributed by atoms with van der Waals surface area (Å²) in [5, 5.41) is 2.97. The van der Waals surface area contributed by atoms with Crippen LogP contribution in [0.1, 0.15) is 36.4 Å². The fraction of sp³-hybridized carbons (Fsp3) is 0.571. The van der Waals surface area contributed by atoms with Crippen LogP contribution in [0.15, 0.2) is 24.3 Å². The molecule has 1 aliphatic carbocycles. The van der Waals surface area contributed by atoms with Crippen LogP contribution < -0.4 is 10.0 Å². The molecule has 0 bridgehead atoms. The molecule has 0 heterocycles. The Labute approximate surface area is 115 Å². The highest BCUT2D eigenvalue weighted by atomic mass is 32.2. The van der Waals surface area contributed by atoms with E-state index in [4.69, 9.17) is 0 Å². The molecule has 2 rings (SSSR count). The Balaban J connectivity index is 2.04. The Bertz CT molecular complexity index is 514. The van der Waals surface area contributed by atoms with Gasteiger partial charge in [0.1, 0.15) is 0 Å². The van der Waals surface area contributed by atoms with E-state index in [-0.39, 0.29) is 11.8 Å². The van der Waals surface area contributed by atoms with Gasteiger partial charge in [-0.05, 0) is 50.4 Å². The summed E-state index contributed by atoms with van der Waals surface area (Å²) in [5.74, 6) is 0.187. The molecule has 0 amide bonds. The lowest BCUT2D eigenvalue weighted by Gasteiger charge is -2.26. The molecule has 19 heavy (non-hydrogen) atoms. The predicted molar refractivity (Wildman–Crippen MR) is 77.6 cm³/mol. The predicted octanol–water partition coefficient (Wildman–Crippen LogP) is 1.59. The molecule has 0 radical (unpaired) electrons. The van der Waals surface area contributed by atoms with Crippen molar-refractivity contribution in [2.24, 2.45) is 0 Å². The van der Waals surface area contributed by atoms with Gasteiger partial charge in [0.25, 0.3) is 0 Å². The van der Waals surface area contributed by atoms with Crippen molar-refractivity contribution < 1.29 is 8.42 Å². The highest BCUT2D eigenvalue weighted by Crippen LogP contribution is 2.29. The van der Waals surface area contributed by atoms with Gasteiger partial charge in [0.05, 0.1) is 5.75 Å². The van der Waals surface area contributed by atoms with Crippen LogP contribution in [0.2, 0.25) is 0 Å². The molecule has 5 heteroatoms. The molecule has 0 saturated carbocycles. The maximum atomic E-state index is 12.0. The van der Waals surface area contributed by atoms with Gasteiger partial charge < -0.3 is 5.32 Å². The van der Waals surface area contributed by atoms with Crippen LogP contribution in [0.4, 0.5) is 0 Å². The zero-order chi connectivity index (χ0) is 13.7. The van der Waals surface area contributed by atoms with Crippen LogP contribution in [0, 0.1) is 0 Å². The summed E-state index contributed by atoms with van der Waals surface area (Å²) >= 11 is 0. The van der Waals surface area contributed by atoms with E-state index in [1.54, 1.807) is 0 Å². The molecule has 4 nitrogen and oxygen atoms in total. The van der Waals surface area contributed by atoms with Gasteiger partial charge in [0.15, 0.2) is 0 Å². The molecule has 1 aromatic rings. The first-order chi connectivity index (χ1) is 9.12. The Kier molecular flexibility index (Phi) is 4.96. The standard InChI is InChI=1S/C14H22N2O2S/c1-15-10-5-11-19(17,18)16-14-9-4-7-12-6-2-3-8-13(12)14/h2-3,6,8,14-16H,4-5,7,9-11H2,1H3. The van der Waals surface area contributed by atoms with Gasteiger partial charge >= 0.3 is 0 Å². The van der Waals surface area contributed by atoms with Gasteiger partial charge in [0.2, 0.25) is 10.0 Å². The summed E-state index contributed by atoms with van der Waals surface area (Å²) in [5.41, 5.74) is 2.42. The SMILES string of the molecule is CNCCCS(=O)(=O)NC1CCCc2ccccc21. The van der Waals surface area contributed by atoms with Crippen LogP contribution in [-0.4, -0.2) is 27.8 Å². The second-order valence-electron chi connectivity index (χ2n) is 5.04. The molecular weight excluding hydrogens is 260 g/mol. The smallest absolute Gasteiger partial charge is 0.212 e. The second-order valence-corrected chi connectivity index (χ2v) is 6.91. The lowest BCUT2D eigenvalue weighted by Crippen LogP contribution is -2.33. The Morgan fingerprint density at radius 1 is 1.32 bits per heavy atom. The highest BCUT2D eigenvalue weighted by Gasteiger charge is 2.23. The molecule has 106 valence electrons. The molecule has 1 atom stereocenters. The quantitative estimate of drug-likeness (QED) is 0.779. The summed E-state index contributed by atoms with van der Waals surface area (Å²) < 4.78 is 26.9. The Hall–Kier alpha value is -0.910. The van der Waals surface area contributed by atoms with Crippen molar-refractivity contribution in [2.75, 3.05) is 19.3 Å². The van der Waals surface area contributed by atoms with E-state index in [9.17, 15) is 8.42 Å². The molecule has 0 fully saturated rings. The van der Waals surface area contributed by atoms with Crippen molar-refractivity contribution in [1.29, 1.82) is 0 Å². The normalized spacial score (nSPS) is 19.1. The zero-order valence-electron chi connectivity index (χ0n) is 11.4. The summed E-state index contributed by atoms with van der Waals surface area (Å²) in [4.78, 5) is 0. The molecule has 2 N–H and O–H groups in total. The zero-order valence-corrected chi connectivity index (χ0v) is 12.2. The summed E-state index contributed by atoms with van der Waals surface area (Å²) in [6, 6.07) is 8.07. The van der Waals surface area contributed by atoms with Crippen molar-refractivity contribution in [3.05, 3.63) is 35.4 Å². The number of hydrogen-bond acceptors (Lipinski definition) is 3. The van der Waals surface area contributed by atoms with Crippen LogP contribution in [0.3, 0.4) is 0 Å². The minimum absolute atomic E-state index is 0.0514. The molecular formula is C14H22N2O2S. The summed E-state index contributed by atoms with van der Waals surface area (Å²) in [7, 11) is -1.36. The van der Waals surface area contributed by atoms with Crippen LogP contribution in [0.5, 0.6) is 0 Å². The number of aryl methyl sites for hydroxylation is 1. The topological polar surface area (TPSA) is 58.2 Å². The van der Waals surface area contributed by atoms with E-state index in [0.29, 0.717) is 6.42 Å². The second kappa shape index (κ2) is 6.50. The number of nitrogens with one attached hydrogen (secondary N) is 2. The van der Waals surface area contributed by atoms with Gasteiger partial charge in [-0.2, -0.15) is 0 Å². The third kappa shape index (κ3) is 4.03. The lowest BCUT2D eigenvalue weighted by atomic mass is 9.88. The van der Waals surface area contributed by atoms with E-state index in [0.717, 1.165) is 31.4 Å². The molecule has 0 saturated heterocycles. The van der Waals surface area contributed by atoms with E-state index in [2.05, 4.69) is 16.1 Å². The third-order valence-electron chi connectivity index (χ3n) is 3.53. The van der Waals surface area contributed by atoms with Crippen LogP contribution >= 0.6 is 0 Å². The van der Waals surface area contributed by atoms with Gasteiger partial charge in [-0.15, -0.1) is 0 Å². The van der Waals surface area contributed by atoms with Gasteiger partial charge in [-0.3, -0.25) is 0 Å². The molecule has 1 aliphatic rings. The van der Waals surface area contributed by atoms with Crippen molar-refractivity contribution in [3.8, 4) is 0 Å². The number of sulfonamides is 1. The summed E-state index contributed by atoms with van der Waals surface area (Å²) in [6.07, 6.45) is 3.62. The third-order valence-corrected chi connectivity index (χ3v) is 5.00. The highest BCUT2D eigenvalue weighted by molar-refractivity contribution is 7.89. The first-order valence-corrected chi connectivity index (χ1v) is 8.50. The van der Waals surface area contributed by atoms with Crippen molar-refractivity contribution in [2.45, 2.75) is 31.7 Å². The Morgan fingerprint density at radius 3 is 2.89 bits per heavy atom. The molecule has 0 spiro atoms. The van der Waals surface area contributed by atoms with Crippen LogP contribution in [-0.2, 0) is 16.4 Å². The van der Waals surface area contributed by atoms with E-state index < -0.39 is 10.0 Å². The largest absolute Gasteiger partial charge is 0.320 e. The molecule has 0 aliphatic heterocycles. The van der Waals surface area contributed by atoms with Crippen molar-refractivity contribution in [1.82, 2.24) is 10.0 Å². The average molecular weight is 282 g/mol. The minimum Gasteiger partial charge on any atom is -0.320 e. The fourth-order valence-electron chi connectivity index (χ4n) is 2.59. The molecule has 1 aromatic carbocycles. The number of benzene rings is 1. The fourth-order valence-corrected chi connectivity index (χ4v) is 3.91. The van der Waals surface area contributed by atoms with Gasteiger partial charge in [0, 0.05) is 6.04 Å². The van der Waals surface area contributed by atoms with Crippen molar-refractivity contribution >= 4 is 10.0 Å². The first-order valence-electron chi connectivity index (χ1n) is 6.85. The van der Waals surface area contributed by atoms with Crippen LogP contribution in [0.25, 0.3) is 0 Å². The average Bonchev–Trinajstić information content (AvgIpc) is 2.39. The van der Waals surface area contributed by atoms with E-state index >= 15 is 0 Å². The van der Waals surface area contributed by atoms with Gasteiger partial charge in [-0.25, -0.2) is 13.1 Å². The molecule has 1 unspecified atom stereocenters. The maximum Gasteiger partial charge on any atom is 0.212 e. The minimum atomic E-state index is -3.19. The lowest BCUT2D eigenvalue weighted by molar-refractivity contribution is 0.506. The summed E-state index contributed by atoms with van der Waals surface area (Å²) in [6.45, 7) is 0.724. The number of hydrogen-bond donors (Lipinski definition) is 2. The maximum absolute atomic E-state index is 12.0. The monoisotopic (exact) mass is 282 g/mol.